The van der Waals surface area contributed by atoms with Crippen molar-refractivity contribution in [1.29, 1.82) is 0 Å². The highest BCUT2D eigenvalue weighted by molar-refractivity contribution is 5.74. The third-order valence-corrected chi connectivity index (χ3v) is 4.76. The molecule has 0 bridgehead atoms. The van der Waals surface area contributed by atoms with Crippen molar-refractivity contribution in [3.8, 4) is 0 Å². The fourth-order valence-corrected chi connectivity index (χ4v) is 3.11. The lowest BCUT2D eigenvalue weighted by atomic mass is 9.84. The first-order valence-corrected chi connectivity index (χ1v) is 8.22. The van der Waals surface area contributed by atoms with Gasteiger partial charge in [-0.15, -0.1) is 0 Å². The normalized spacial score (nSPS) is 21.3. The van der Waals surface area contributed by atoms with E-state index in [1.165, 1.54) is 12.1 Å². The van der Waals surface area contributed by atoms with Crippen LogP contribution >= 0.6 is 0 Å². The fraction of sp³-hybridized carbons (Fsp3) is 0.611. The minimum absolute atomic E-state index is 0.159. The van der Waals surface area contributed by atoms with Crippen molar-refractivity contribution in [3.63, 3.8) is 0 Å². The van der Waals surface area contributed by atoms with E-state index >= 15 is 0 Å². The van der Waals surface area contributed by atoms with Gasteiger partial charge in [-0.05, 0) is 30.5 Å². The zero-order valence-corrected chi connectivity index (χ0v) is 14.2. The largest absolute Gasteiger partial charge is 0.393 e. The second-order valence-electron chi connectivity index (χ2n) is 7.19. The molecule has 2 atom stereocenters. The third kappa shape index (κ3) is 4.67. The Morgan fingerprint density at radius 2 is 2.17 bits per heavy atom. The lowest BCUT2D eigenvalue weighted by Gasteiger charge is -2.28. The van der Waals surface area contributed by atoms with Gasteiger partial charge in [0.05, 0.1) is 6.10 Å². The van der Waals surface area contributed by atoms with Crippen LogP contribution < -0.4 is 5.32 Å². The first-order chi connectivity index (χ1) is 10.8. The van der Waals surface area contributed by atoms with Crippen LogP contribution in [0.1, 0.15) is 38.7 Å². The second-order valence-corrected chi connectivity index (χ2v) is 7.19. The minimum atomic E-state index is -0.356. The standard InChI is InChI=1S/C18H27FN2O2/c1-18(2,14-7-5-8-15(19)10-14)12-20-17(23)21(3)11-13-6-4-9-16(13)22/h5,7-8,10,13,16,22H,4,6,9,11-12H2,1-3H3,(H,20,23). The number of carbonyl (C=O) groups excluding carboxylic acids is 1. The number of aliphatic hydroxyl groups excluding tert-OH is 1. The van der Waals surface area contributed by atoms with Gasteiger partial charge in [-0.2, -0.15) is 0 Å². The Bertz CT molecular complexity index is 548. The van der Waals surface area contributed by atoms with Gasteiger partial charge in [-0.3, -0.25) is 0 Å². The molecule has 2 N–H and O–H groups in total. The Kier molecular flexibility index (Phi) is 5.63. The maximum atomic E-state index is 13.4. The van der Waals surface area contributed by atoms with Gasteiger partial charge in [0.2, 0.25) is 0 Å². The van der Waals surface area contributed by atoms with E-state index in [0.717, 1.165) is 24.8 Å². The molecule has 0 heterocycles. The smallest absolute Gasteiger partial charge is 0.317 e. The molecule has 128 valence electrons. The van der Waals surface area contributed by atoms with Crippen molar-refractivity contribution >= 4 is 6.03 Å². The van der Waals surface area contributed by atoms with Crippen molar-refractivity contribution < 1.29 is 14.3 Å². The summed E-state index contributed by atoms with van der Waals surface area (Å²) in [6.45, 7) is 4.94. The van der Waals surface area contributed by atoms with E-state index < -0.39 is 0 Å². The Labute approximate surface area is 137 Å². The number of nitrogens with one attached hydrogen (secondary N) is 1. The number of hydrogen-bond donors (Lipinski definition) is 2. The maximum Gasteiger partial charge on any atom is 0.317 e. The average Bonchev–Trinajstić information content (AvgIpc) is 2.90. The molecule has 2 unspecified atom stereocenters. The number of urea groups is 1. The molecule has 1 fully saturated rings. The summed E-state index contributed by atoms with van der Waals surface area (Å²) in [6.07, 6.45) is 2.52. The predicted octanol–water partition coefficient (Wildman–Crippen LogP) is 2.91. The molecule has 0 aromatic heterocycles. The Morgan fingerprint density at radius 3 is 2.78 bits per heavy atom. The molecular formula is C18H27FN2O2. The van der Waals surface area contributed by atoms with Gasteiger partial charge in [0.25, 0.3) is 0 Å². The van der Waals surface area contributed by atoms with E-state index in [1.54, 1.807) is 18.0 Å². The molecule has 1 aromatic rings. The molecule has 1 saturated carbocycles. The Hall–Kier alpha value is -1.62. The predicted molar refractivity (Wildman–Crippen MR) is 88.8 cm³/mol. The highest BCUT2D eigenvalue weighted by Gasteiger charge is 2.28. The Morgan fingerprint density at radius 1 is 1.43 bits per heavy atom. The minimum Gasteiger partial charge on any atom is -0.393 e. The number of benzene rings is 1. The van der Waals surface area contributed by atoms with Crippen LogP contribution in [-0.4, -0.2) is 42.3 Å². The molecule has 1 aliphatic carbocycles. The summed E-state index contributed by atoms with van der Waals surface area (Å²) in [5.41, 5.74) is 0.498. The highest BCUT2D eigenvalue weighted by atomic mass is 19.1. The summed E-state index contributed by atoms with van der Waals surface area (Å²) < 4.78 is 13.4. The van der Waals surface area contributed by atoms with Crippen LogP contribution in [0.4, 0.5) is 9.18 Å². The van der Waals surface area contributed by atoms with E-state index in [2.05, 4.69) is 5.32 Å². The summed E-state index contributed by atoms with van der Waals surface area (Å²) in [5, 5.41) is 12.8. The van der Waals surface area contributed by atoms with Crippen LogP contribution in [0.5, 0.6) is 0 Å². The van der Waals surface area contributed by atoms with Gasteiger partial charge in [0, 0.05) is 31.5 Å². The van der Waals surface area contributed by atoms with Crippen molar-refractivity contribution in [1.82, 2.24) is 10.2 Å². The molecule has 23 heavy (non-hydrogen) atoms. The van der Waals surface area contributed by atoms with Crippen LogP contribution in [0.15, 0.2) is 24.3 Å². The van der Waals surface area contributed by atoms with Crippen molar-refractivity contribution in [3.05, 3.63) is 35.6 Å². The molecule has 2 amide bonds. The van der Waals surface area contributed by atoms with Crippen LogP contribution in [0, 0.1) is 11.7 Å². The maximum absolute atomic E-state index is 13.4. The van der Waals surface area contributed by atoms with Gasteiger partial charge < -0.3 is 15.3 Å². The molecule has 0 saturated heterocycles. The first kappa shape index (κ1) is 17.7. The first-order valence-electron chi connectivity index (χ1n) is 8.22. The number of nitrogens with zero attached hydrogens (tertiary/aromatic N) is 1. The van der Waals surface area contributed by atoms with E-state index in [0.29, 0.717) is 13.1 Å². The molecule has 0 aliphatic heterocycles. The number of hydrogen-bond acceptors (Lipinski definition) is 2. The molecular weight excluding hydrogens is 295 g/mol. The van der Waals surface area contributed by atoms with Gasteiger partial charge in [-0.25, -0.2) is 9.18 Å². The number of halogens is 1. The molecule has 1 aliphatic rings. The van der Waals surface area contributed by atoms with Crippen molar-refractivity contribution in [2.24, 2.45) is 5.92 Å². The zero-order chi connectivity index (χ0) is 17.0. The summed E-state index contributed by atoms with van der Waals surface area (Å²) in [4.78, 5) is 13.9. The van der Waals surface area contributed by atoms with Crippen LogP contribution in [0.2, 0.25) is 0 Å². The number of rotatable bonds is 5. The monoisotopic (exact) mass is 322 g/mol. The summed E-state index contributed by atoms with van der Waals surface area (Å²) in [5.74, 6) is -0.101. The van der Waals surface area contributed by atoms with Crippen molar-refractivity contribution in [2.45, 2.75) is 44.6 Å². The summed E-state index contributed by atoms with van der Waals surface area (Å²) in [6, 6.07) is 6.31. The van der Waals surface area contributed by atoms with Gasteiger partial charge in [0.15, 0.2) is 0 Å². The van der Waals surface area contributed by atoms with Crippen LogP contribution in [0.25, 0.3) is 0 Å². The third-order valence-electron chi connectivity index (χ3n) is 4.76. The van der Waals surface area contributed by atoms with Crippen LogP contribution in [-0.2, 0) is 5.41 Å². The highest BCUT2D eigenvalue weighted by Crippen LogP contribution is 2.26. The van der Waals surface area contributed by atoms with E-state index in [9.17, 15) is 14.3 Å². The van der Waals surface area contributed by atoms with E-state index in [4.69, 9.17) is 0 Å². The summed E-state index contributed by atoms with van der Waals surface area (Å²) in [7, 11) is 1.75. The van der Waals surface area contributed by atoms with Crippen molar-refractivity contribution in [2.75, 3.05) is 20.1 Å². The summed E-state index contributed by atoms with van der Waals surface area (Å²) >= 11 is 0. The van der Waals surface area contributed by atoms with Crippen LogP contribution in [0.3, 0.4) is 0 Å². The number of aliphatic hydroxyl groups is 1. The van der Waals surface area contributed by atoms with Gasteiger partial charge in [-0.1, -0.05) is 32.4 Å². The van der Waals surface area contributed by atoms with Gasteiger partial charge >= 0.3 is 6.03 Å². The average molecular weight is 322 g/mol. The zero-order valence-electron chi connectivity index (χ0n) is 14.2. The van der Waals surface area contributed by atoms with Gasteiger partial charge in [0.1, 0.15) is 5.82 Å². The quantitative estimate of drug-likeness (QED) is 0.876. The lowest BCUT2D eigenvalue weighted by Crippen LogP contribution is -2.45. The molecule has 0 spiro atoms. The lowest BCUT2D eigenvalue weighted by molar-refractivity contribution is 0.113. The molecule has 5 heteroatoms. The topological polar surface area (TPSA) is 52.6 Å². The Balaban J connectivity index is 1.87. The number of amides is 2. The molecule has 2 rings (SSSR count). The second kappa shape index (κ2) is 7.30. The SMILES string of the molecule is CN(CC1CCCC1O)C(=O)NCC(C)(C)c1cccc(F)c1. The molecule has 0 radical (unpaired) electrons. The van der Waals surface area contributed by atoms with E-state index in [-0.39, 0.29) is 29.3 Å². The molecule has 1 aromatic carbocycles. The van der Waals surface area contributed by atoms with E-state index in [1.807, 2.05) is 19.9 Å². The molecule has 4 nitrogen and oxygen atoms in total. The number of carbonyl (C=O) groups is 1. The fourth-order valence-electron chi connectivity index (χ4n) is 3.11.